The molecule has 0 radical (unpaired) electrons. The second-order valence-corrected chi connectivity index (χ2v) is 3.83. The number of aryl methyl sites for hydroxylation is 1. The van der Waals surface area contributed by atoms with Crippen LogP contribution in [0.5, 0.6) is 11.5 Å². The van der Waals surface area contributed by atoms with Gasteiger partial charge >= 0.3 is 0 Å². The van der Waals surface area contributed by atoms with Crippen LogP contribution in [0.3, 0.4) is 0 Å². The van der Waals surface area contributed by atoms with Gasteiger partial charge in [-0.2, -0.15) is 0 Å². The van der Waals surface area contributed by atoms with Gasteiger partial charge in [0.05, 0.1) is 19.9 Å². The zero-order valence-electron chi connectivity index (χ0n) is 10.3. The highest BCUT2D eigenvalue weighted by atomic mass is 16.5. The van der Waals surface area contributed by atoms with Crippen molar-refractivity contribution in [1.29, 1.82) is 0 Å². The van der Waals surface area contributed by atoms with Crippen LogP contribution >= 0.6 is 0 Å². The van der Waals surface area contributed by atoms with E-state index in [-0.39, 0.29) is 0 Å². The van der Waals surface area contributed by atoms with Gasteiger partial charge in [0, 0.05) is 11.9 Å². The van der Waals surface area contributed by atoms with Crippen LogP contribution in [-0.2, 0) is 6.54 Å². The first kappa shape index (κ1) is 11.7. The van der Waals surface area contributed by atoms with Crippen LogP contribution in [0.1, 0.15) is 11.3 Å². The fraction of sp³-hybridized carbons (Fsp3) is 0.308. The van der Waals surface area contributed by atoms with Crippen molar-refractivity contribution >= 4 is 10.9 Å². The standard InChI is InChI=1S/C13H16N2O2/c1-8-6-9(7-14)15-13-11(17-3)5-4-10(16-2)12(8)13/h4-6H,7,14H2,1-3H3. The number of ether oxygens (including phenoxy) is 2. The van der Waals surface area contributed by atoms with Gasteiger partial charge in [0.1, 0.15) is 17.0 Å². The minimum atomic E-state index is 0.414. The van der Waals surface area contributed by atoms with E-state index >= 15 is 0 Å². The Morgan fingerprint density at radius 3 is 2.41 bits per heavy atom. The molecule has 0 unspecified atom stereocenters. The third-order valence-corrected chi connectivity index (χ3v) is 2.78. The van der Waals surface area contributed by atoms with Gasteiger partial charge in [-0.15, -0.1) is 0 Å². The summed E-state index contributed by atoms with van der Waals surface area (Å²) < 4.78 is 10.7. The van der Waals surface area contributed by atoms with Crippen molar-refractivity contribution < 1.29 is 9.47 Å². The second-order valence-electron chi connectivity index (χ2n) is 3.83. The molecule has 0 saturated heterocycles. The van der Waals surface area contributed by atoms with Gasteiger partial charge in [0.15, 0.2) is 0 Å². The minimum absolute atomic E-state index is 0.414. The summed E-state index contributed by atoms with van der Waals surface area (Å²) in [7, 11) is 3.28. The van der Waals surface area contributed by atoms with Crippen LogP contribution in [0.25, 0.3) is 10.9 Å². The van der Waals surface area contributed by atoms with Crippen molar-refractivity contribution in [3.63, 3.8) is 0 Å². The highest BCUT2D eigenvalue weighted by molar-refractivity contribution is 5.92. The molecule has 1 aromatic carbocycles. The normalized spacial score (nSPS) is 10.6. The maximum Gasteiger partial charge on any atom is 0.145 e. The van der Waals surface area contributed by atoms with E-state index in [2.05, 4.69) is 4.98 Å². The predicted octanol–water partition coefficient (Wildman–Crippen LogP) is 2.02. The molecule has 4 heteroatoms. The third-order valence-electron chi connectivity index (χ3n) is 2.78. The van der Waals surface area contributed by atoms with Crippen LogP contribution in [0.2, 0.25) is 0 Å². The highest BCUT2D eigenvalue weighted by Gasteiger charge is 2.12. The largest absolute Gasteiger partial charge is 0.496 e. The molecule has 0 spiro atoms. The second kappa shape index (κ2) is 4.59. The summed E-state index contributed by atoms with van der Waals surface area (Å²) in [6, 6.07) is 5.72. The number of nitrogens with zero attached hydrogens (tertiary/aromatic N) is 1. The molecular formula is C13H16N2O2. The molecule has 0 aliphatic rings. The summed E-state index contributed by atoms with van der Waals surface area (Å²) in [6.45, 7) is 2.43. The number of aromatic nitrogens is 1. The number of nitrogens with two attached hydrogens (primary N) is 1. The van der Waals surface area contributed by atoms with Crippen LogP contribution in [-0.4, -0.2) is 19.2 Å². The molecule has 90 valence electrons. The summed E-state index contributed by atoms with van der Waals surface area (Å²) in [4.78, 5) is 4.50. The van der Waals surface area contributed by atoms with E-state index in [0.717, 1.165) is 33.7 Å². The Hall–Kier alpha value is -1.81. The molecule has 2 N–H and O–H groups in total. The number of fused-ring (bicyclic) bond motifs is 1. The average molecular weight is 232 g/mol. The van der Waals surface area contributed by atoms with Crippen molar-refractivity contribution in [1.82, 2.24) is 4.98 Å². The molecule has 4 nitrogen and oxygen atoms in total. The fourth-order valence-electron chi connectivity index (χ4n) is 1.98. The predicted molar refractivity (Wildman–Crippen MR) is 67.5 cm³/mol. The number of benzene rings is 1. The molecule has 0 amide bonds. The van der Waals surface area contributed by atoms with Crippen LogP contribution in [0.15, 0.2) is 18.2 Å². The van der Waals surface area contributed by atoms with E-state index in [0.29, 0.717) is 6.54 Å². The molecule has 0 bridgehead atoms. The van der Waals surface area contributed by atoms with Gasteiger partial charge in [0.2, 0.25) is 0 Å². The van der Waals surface area contributed by atoms with Crippen molar-refractivity contribution in [2.45, 2.75) is 13.5 Å². The van der Waals surface area contributed by atoms with Crippen LogP contribution < -0.4 is 15.2 Å². The van der Waals surface area contributed by atoms with Gasteiger partial charge in [-0.3, -0.25) is 0 Å². The highest BCUT2D eigenvalue weighted by Crippen LogP contribution is 2.34. The minimum Gasteiger partial charge on any atom is -0.496 e. The molecule has 1 heterocycles. The lowest BCUT2D eigenvalue weighted by Gasteiger charge is -2.12. The Morgan fingerprint density at radius 2 is 1.82 bits per heavy atom. The average Bonchev–Trinajstić information content (AvgIpc) is 2.37. The molecule has 0 aliphatic heterocycles. The Kier molecular flexibility index (Phi) is 3.15. The maximum atomic E-state index is 5.64. The van der Waals surface area contributed by atoms with Gasteiger partial charge in [-0.25, -0.2) is 4.98 Å². The lowest BCUT2D eigenvalue weighted by atomic mass is 10.1. The first-order valence-corrected chi connectivity index (χ1v) is 5.42. The summed E-state index contributed by atoms with van der Waals surface area (Å²) in [5.74, 6) is 1.54. The number of rotatable bonds is 3. The maximum absolute atomic E-state index is 5.64. The van der Waals surface area contributed by atoms with Gasteiger partial charge in [0.25, 0.3) is 0 Å². The van der Waals surface area contributed by atoms with E-state index in [1.165, 1.54) is 0 Å². The van der Waals surface area contributed by atoms with Crippen LogP contribution in [0, 0.1) is 6.92 Å². The van der Waals surface area contributed by atoms with Crippen molar-refractivity contribution in [3.05, 3.63) is 29.5 Å². The number of methoxy groups -OCH3 is 2. The Labute approximate surface area is 100 Å². The first-order chi connectivity index (χ1) is 8.21. The topological polar surface area (TPSA) is 57.4 Å². The molecule has 0 atom stereocenters. The molecule has 17 heavy (non-hydrogen) atoms. The molecule has 0 fully saturated rings. The number of hydrogen-bond acceptors (Lipinski definition) is 4. The summed E-state index contributed by atoms with van der Waals surface area (Å²) in [5.41, 5.74) is 8.37. The number of pyridine rings is 1. The van der Waals surface area contributed by atoms with Crippen molar-refractivity contribution in [2.75, 3.05) is 14.2 Å². The molecular weight excluding hydrogens is 216 g/mol. The van der Waals surface area contributed by atoms with Gasteiger partial charge in [-0.05, 0) is 30.7 Å². The first-order valence-electron chi connectivity index (χ1n) is 5.42. The smallest absolute Gasteiger partial charge is 0.145 e. The number of hydrogen-bond donors (Lipinski definition) is 1. The van der Waals surface area contributed by atoms with E-state index in [1.807, 2.05) is 25.1 Å². The summed E-state index contributed by atoms with van der Waals surface area (Å²) in [6.07, 6.45) is 0. The molecule has 2 aromatic rings. The Morgan fingerprint density at radius 1 is 1.18 bits per heavy atom. The van der Waals surface area contributed by atoms with E-state index < -0.39 is 0 Å². The lowest BCUT2D eigenvalue weighted by molar-refractivity contribution is 0.409. The lowest BCUT2D eigenvalue weighted by Crippen LogP contribution is -2.02. The summed E-state index contributed by atoms with van der Waals surface area (Å²) >= 11 is 0. The zero-order chi connectivity index (χ0) is 12.4. The zero-order valence-corrected chi connectivity index (χ0v) is 10.3. The van der Waals surface area contributed by atoms with Crippen molar-refractivity contribution in [2.24, 2.45) is 5.73 Å². The van der Waals surface area contributed by atoms with E-state index in [1.54, 1.807) is 14.2 Å². The van der Waals surface area contributed by atoms with E-state index in [9.17, 15) is 0 Å². The quantitative estimate of drug-likeness (QED) is 0.879. The fourth-order valence-corrected chi connectivity index (χ4v) is 1.98. The molecule has 0 aliphatic carbocycles. The third kappa shape index (κ3) is 1.91. The van der Waals surface area contributed by atoms with Crippen molar-refractivity contribution in [3.8, 4) is 11.5 Å². The Bertz CT molecular complexity index is 553. The monoisotopic (exact) mass is 232 g/mol. The Balaban J connectivity index is 2.85. The molecule has 1 aromatic heterocycles. The van der Waals surface area contributed by atoms with Crippen LogP contribution in [0.4, 0.5) is 0 Å². The molecule has 2 rings (SSSR count). The SMILES string of the molecule is COc1ccc(OC)c2c(C)cc(CN)nc12. The van der Waals surface area contributed by atoms with Gasteiger partial charge in [-0.1, -0.05) is 0 Å². The summed E-state index contributed by atoms with van der Waals surface area (Å²) in [5, 5.41) is 0.976. The molecule has 0 saturated carbocycles. The van der Waals surface area contributed by atoms with Gasteiger partial charge < -0.3 is 15.2 Å². The van der Waals surface area contributed by atoms with E-state index in [4.69, 9.17) is 15.2 Å².